The van der Waals surface area contributed by atoms with E-state index in [2.05, 4.69) is 15.9 Å². The molecule has 1 aromatic rings. The molecule has 3 N–H and O–H groups in total. The Morgan fingerprint density at radius 3 is 2.71 bits per heavy atom. The van der Waals surface area contributed by atoms with Crippen molar-refractivity contribution in [1.29, 1.82) is 0 Å². The topological polar surface area (TPSA) is 46.2 Å². The summed E-state index contributed by atoms with van der Waals surface area (Å²) in [4.78, 5) is 0. The van der Waals surface area contributed by atoms with Gasteiger partial charge in [0.1, 0.15) is 5.75 Å². The van der Waals surface area contributed by atoms with Gasteiger partial charge in [0, 0.05) is 16.1 Å². The number of benzene rings is 1. The molecule has 0 amide bonds. The van der Waals surface area contributed by atoms with Crippen molar-refractivity contribution in [3.63, 3.8) is 0 Å². The fourth-order valence-electron chi connectivity index (χ4n) is 1.70. The Morgan fingerprint density at radius 1 is 1.50 bits per heavy atom. The van der Waals surface area contributed by atoms with Gasteiger partial charge in [-0.25, -0.2) is 0 Å². The predicted molar refractivity (Wildman–Crippen MR) is 60.2 cm³/mol. The first-order valence-electron chi connectivity index (χ1n) is 4.85. The lowest BCUT2D eigenvalue weighted by Gasteiger charge is -2.16. The number of phenolic OH excluding ortho intramolecular Hbond substituents is 1. The number of rotatable bonds is 2. The van der Waals surface area contributed by atoms with E-state index in [-0.39, 0.29) is 6.04 Å². The fourth-order valence-corrected chi connectivity index (χ4v) is 2.28. The maximum absolute atomic E-state index is 9.92. The summed E-state index contributed by atoms with van der Waals surface area (Å²) >= 11 is 3.44. The Labute approximate surface area is 92.3 Å². The van der Waals surface area contributed by atoms with E-state index >= 15 is 0 Å². The molecule has 3 heteroatoms. The Bertz CT molecular complexity index is 361. The molecular formula is C11H14BrNO. The molecule has 0 aliphatic heterocycles. The summed E-state index contributed by atoms with van der Waals surface area (Å²) in [6, 6.07) is 3.82. The minimum absolute atomic E-state index is 0.0238. The Kier molecular flexibility index (Phi) is 2.54. The van der Waals surface area contributed by atoms with Gasteiger partial charge < -0.3 is 10.8 Å². The predicted octanol–water partition coefficient (Wildman–Crippen LogP) is 2.87. The van der Waals surface area contributed by atoms with Crippen molar-refractivity contribution in [2.24, 2.45) is 11.7 Å². The Morgan fingerprint density at radius 2 is 2.14 bits per heavy atom. The highest BCUT2D eigenvalue weighted by atomic mass is 79.9. The van der Waals surface area contributed by atoms with Crippen LogP contribution in [0.3, 0.4) is 0 Å². The maximum Gasteiger partial charge on any atom is 0.124 e. The zero-order valence-electron chi connectivity index (χ0n) is 8.13. The SMILES string of the molecule is Cc1ccc(Br)c([C@@H](N)C2CC2)c1O. The third-order valence-electron chi connectivity index (χ3n) is 2.83. The Balaban J connectivity index is 2.43. The highest BCUT2D eigenvalue weighted by Crippen LogP contribution is 2.45. The summed E-state index contributed by atoms with van der Waals surface area (Å²) in [6.07, 6.45) is 2.36. The van der Waals surface area contributed by atoms with Crippen LogP contribution >= 0.6 is 15.9 Å². The highest BCUT2D eigenvalue weighted by Gasteiger charge is 2.32. The van der Waals surface area contributed by atoms with Crippen LogP contribution in [0.15, 0.2) is 16.6 Å². The minimum atomic E-state index is -0.0238. The van der Waals surface area contributed by atoms with Crippen LogP contribution in [0.2, 0.25) is 0 Å². The van der Waals surface area contributed by atoms with Crippen LogP contribution in [0.25, 0.3) is 0 Å². The second-order valence-corrected chi connectivity index (χ2v) is 4.84. The van der Waals surface area contributed by atoms with Gasteiger partial charge in [-0.3, -0.25) is 0 Å². The average molecular weight is 256 g/mol. The van der Waals surface area contributed by atoms with Gasteiger partial charge >= 0.3 is 0 Å². The summed E-state index contributed by atoms with van der Waals surface area (Å²) in [5.74, 6) is 0.901. The monoisotopic (exact) mass is 255 g/mol. The normalized spacial score (nSPS) is 18.2. The quantitative estimate of drug-likeness (QED) is 0.854. The van der Waals surface area contributed by atoms with Crippen molar-refractivity contribution in [1.82, 2.24) is 0 Å². The van der Waals surface area contributed by atoms with Crippen molar-refractivity contribution in [2.75, 3.05) is 0 Å². The van der Waals surface area contributed by atoms with E-state index in [0.29, 0.717) is 11.7 Å². The molecule has 14 heavy (non-hydrogen) atoms. The number of hydrogen-bond donors (Lipinski definition) is 2. The molecule has 1 saturated carbocycles. The van der Waals surface area contributed by atoms with Gasteiger partial charge in [0.15, 0.2) is 0 Å². The van der Waals surface area contributed by atoms with Crippen molar-refractivity contribution >= 4 is 15.9 Å². The molecule has 2 rings (SSSR count). The van der Waals surface area contributed by atoms with E-state index in [4.69, 9.17) is 5.73 Å². The molecule has 2 nitrogen and oxygen atoms in total. The average Bonchev–Trinajstić information content (AvgIpc) is 2.95. The van der Waals surface area contributed by atoms with Crippen molar-refractivity contribution in [2.45, 2.75) is 25.8 Å². The molecule has 0 bridgehead atoms. The van der Waals surface area contributed by atoms with Gasteiger partial charge in [-0.2, -0.15) is 0 Å². The van der Waals surface area contributed by atoms with Crippen LogP contribution in [-0.2, 0) is 0 Å². The zero-order valence-corrected chi connectivity index (χ0v) is 9.71. The van der Waals surface area contributed by atoms with E-state index in [1.54, 1.807) is 0 Å². The molecular weight excluding hydrogens is 242 g/mol. The largest absolute Gasteiger partial charge is 0.507 e. The van der Waals surface area contributed by atoms with Crippen molar-refractivity contribution in [3.8, 4) is 5.75 Å². The number of halogens is 1. The molecule has 0 spiro atoms. The van der Waals surface area contributed by atoms with Gasteiger partial charge in [-0.05, 0) is 37.3 Å². The fraction of sp³-hybridized carbons (Fsp3) is 0.455. The van der Waals surface area contributed by atoms with E-state index in [1.165, 1.54) is 12.8 Å². The van der Waals surface area contributed by atoms with Gasteiger partial charge in [0.2, 0.25) is 0 Å². The second-order valence-electron chi connectivity index (χ2n) is 3.99. The lowest BCUT2D eigenvalue weighted by atomic mass is 10.00. The third-order valence-corrected chi connectivity index (χ3v) is 3.52. The van der Waals surface area contributed by atoms with Gasteiger partial charge in [-0.1, -0.05) is 22.0 Å². The van der Waals surface area contributed by atoms with E-state index < -0.39 is 0 Å². The lowest BCUT2D eigenvalue weighted by molar-refractivity contribution is 0.451. The summed E-state index contributed by atoms with van der Waals surface area (Å²) < 4.78 is 0.917. The van der Waals surface area contributed by atoms with Gasteiger partial charge in [0.25, 0.3) is 0 Å². The first-order valence-corrected chi connectivity index (χ1v) is 5.64. The van der Waals surface area contributed by atoms with Crippen LogP contribution in [-0.4, -0.2) is 5.11 Å². The molecule has 0 aromatic heterocycles. The number of phenols is 1. The summed E-state index contributed by atoms with van der Waals surface area (Å²) in [5.41, 5.74) is 7.84. The minimum Gasteiger partial charge on any atom is -0.507 e. The van der Waals surface area contributed by atoms with Gasteiger partial charge in [-0.15, -0.1) is 0 Å². The third kappa shape index (κ3) is 1.66. The van der Waals surface area contributed by atoms with E-state index in [9.17, 15) is 5.11 Å². The summed E-state index contributed by atoms with van der Waals surface area (Å²) in [7, 11) is 0. The van der Waals surface area contributed by atoms with E-state index in [1.807, 2.05) is 19.1 Å². The first kappa shape index (κ1) is 9.99. The molecule has 1 atom stereocenters. The summed E-state index contributed by atoms with van der Waals surface area (Å²) in [5, 5.41) is 9.92. The standard InChI is InChI=1S/C11H14BrNO/c1-6-2-5-8(12)9(11(6)14)10(13)7-3-4-7/h2,5,7,10,14H,3-4,13H2,1H3/t10-/m0/s1. The molecule has 0 saturated heterocycles. The lowest BCUT2D eigenvalue weighted by Crippen LogP contribution is -2.13. The maximum atomic E-state index is 9.92. The Hall–Kier alpha value is -0.540. The number of hydrogen-bond acceptors (Lipinski definition) is 2. The molecule has 1 fully saturated rings. The summed E-state index contributed by atoms with van der Waals surface area (Å²) in [6.45, 7) is 1.89. The zero-order chi connectivity index (χ0) is 10.3. The van der Waals surface area contributed by atoms with Crippen molar-refractivity contribution in [3.05, 3.63) is 27.7 Å². The van der Waals surface area contributed by atoms with Crippen LogP contribution in [0.4, 0.5) is 0 Å². The molecule has 1 aromatic carbocycles. The molecule has 1 aliphatic carbocycles. The van der Waals surface area contributed by atoms with Crippen LogP contribution in [0.5, 0.6) is 5.75 Å². The van der Waals surface area contributed by atoms with Gasteiger partial charge in [0.05, 0.1) is 0 Å². The van der Waals surface area contributed by atoms with Crippen LogP contribution in [0, 0.1) is 12.8 Å². The first-order chi connectivity index (χ1) is 6.61. The molecule has 0 radical (unpaired) electrons. The second kappa shape index (κ2) is 3.55. The molecule has 0 heterocycles. The van der Waals surface area contributed by atoms with Crippen LogP contribution in [0.1, 0.15) is 30.0 Å². The van der Waals surface area contributed by atoms with Crippen LogP contribution < -0.4 is 5.73 Å². The molecule has 76 valence electrons. The number of aromatic hydroxyl groups is 1. The van der Waals surface area contributed by atoms with Crippen molar-refractivity contribution < 1.29 is 5.11 Å². The van der Waals surface area contributed by atoms with E-state index in [0.717, 1.165) is 15.6 Å². The number of aryl methyl sites for hydroxylation is 1. The molecule has 0 unspecified atom stereocenters. The molecule has 1 aliphatic rings. The highest BCUT2D eigenvalue weighted by molar-refractivity contribution is 9.10. The smallest absolute Gasteiger partial charge is 0.124 e. The number of nitrogens with two attached hydrogens (primary N) is 1.